The summed E-state index contributed by atoms with van der Waals surface area (Å²) >= 11 is 0. The van der Waals surface area contributed by atoms with Crippen molar-refractivity contribution in [3.05, 3.63) is 42.2 Å². The monoisotopic (exact) mass is 270 g/mol. The van der Waals surface area contributed by atoms with Crippen LogP contribution in [0.25, 0.3) is 0 Å². The molecule has 6 nitrogen and oxygen atoms in total. The van der Waals surface area contributed by atoms with E-state index in [0.717, 1.165) is 5.56 Å². The Kier molecular flexibility index (Phi) is 2.78. The van der Waals surface area contributed by atoms with E-state index in [1.54, 1.807) is 0 Å². The quantitative estimate of drug-likeness (QED) is 0.869. The SMILES string of the molecule is COc1ncnc2c1NC(=O)C(C)(c1ccccc1)N2. The van der Waals surface area contributed by atoms with Gasteiger partial charge < -0.3 is 15.4 Å². The van der Waals surface area contributed by atoms with E-state index in [0.29, 0.717) is 17.4 Å². The molecule has 0 fully saturated rings. The number of hydrogen-bond donors (Lipinski definition) is 2. The van der Waals surface area contributed by atoms with Gasteiger partial charge in [0.1, 0.15) is 17.6 Å². The highest BCUT2D eigenvalue weighted by Crippen LogP contribution is 2.38. The number of aromatic nitrogens is 2. The van der Waals surface area contributed by atoms with Crippen LogP contribution in [0.15, 0.2) is 36.7 Å². The van der Waals surface area contributed by atoms with Gasteiger partial charge in [-0.15, -0.1) is 0 Å². The Morgan fingerprint density at radius 1 is 1.20 bits per heavy atom. The van der Waals surface area contributed by atoms with Crippen LogP contribution in [0.1, 0.15) is 12.5 Å². The second-order valence-corrected chi connectivity index (χ2v) is 4.68. The maximum atomic E-state index is 12.5. The van der Waals surface area contributed by atoms with Gasteiger partial charge in [-0.1, -0.05) is 30.3 Å². The average Bonchev–Trinajstić information content (AvgIpc) is 2.49. The molecule has 0 radical (unpaired) electrons. The number of nitrogens with zero attached hydrogens (tertiary/aromatic N) is 2. The zero-order valence-electron chi connectivity index (χ0n) is 11.2. The van der Waals surface area contributed by atoms with Gasteiger partial charge in [0, 0.05) is 0 Å². The fraction of sp³-hybridized carbons (Fsp3) is 0.214. The predicted molar refractivity (Wildman–Crippen MR) is 74.6 cm³/mol. The van der Waals surface area contributed by atoms with Crippen molar-refractivity contribution in [2.75, 3.05) is 17.7 Å². The van der Waals surface area contributed by atoms with E-state index in [2.05, 4.69) is 20.6 Å². The predicted octanol–water partition coefficient (Wildman–Crippen LogP) is 1.76. The number of benzene rings is 1. The third-order valence-corrected chi connectivity index (χ3v) is 3.42. The zero-order valence-corrected chi connectivity index (χ0v) is 11.2. The third kappa shape index (κ3) is 1.77. The number of amides is 1. The van der Waals surface area contributed by atoms with Crippen molar-refractivity contribution < 1.29 is 9.53 Å². The van der Waals surface area contributed by atoms with Crippen LogP contribution in [0.4, 0.5) is 11.5 Å². The number of carbonyl (C=O) groups excluding carboxylic acids is 1. The molecule has 2 heterocycles. The molecule has 1 atom stereocenters. The van der Waals surface area contributed by atoms with E-state index in [9.17, 15) is 4.79 Å². The number of nitrogens with one attached hydrogen (secondary N) is 2. The fourth-order valence-corrected chi connectivity index (χ4v) is 2.24. The van der Waals surface area contributed by atoms with Crippen LogP contribution < -0.4 is 15.4 Å². The summed E-state index contributed by atoms with van der Waals surface area (Å²) in [5.41, 5.74) is 0.447. The summed E-state index contributed by atoms with van der Waals surface area (Å²) in [6.45, 7) is 1.81. The number of fused-ring (bicyclic) bond motifs is 1. The van der Waals surface area contributed by atoms with Gasteiger partial charge >= 0.3 is 0 Å². The van der Waals surface area contributed by atoms with Crippen LogP contribution in [0.5, 0.6) is 5.88 Å². The lowest BCUT2D eigenvalue weighted by Crippen LogP contribution is -2.48. The lowest BCUT2D eigenvalue weighted by molar-refractivity contribution is -0.120. The fourth-order valence-electron chi connectivity index (χ4n) is 2.24. The van der Waals surface area contributed by atoms with E-state index in [1.807, 2.05) is 37.3 Å². The van der Waals surface area contributed by atoms with Crippen molar-refractivity contribution in [2.24, 2.45) is 0 Å². The lowest BCUT2D eigenvalue weighted by Gasteiger charge is -2.35. The van der Waals surface area contributed by atoms with Crippen molar-refractivity contribution in [1.29, 1.82) is 0 Å². The minimum atomic E-state index is -0.881. The summed E-state index contributed by atoms with van der Waals surface area (Å²) in [7, 11) is 1.50. The number of anilines is 2. The molecule has 1 aliphatic heterocycles. The van der Waals surface area contributed by atoms with E-state index in [1.165, 1.54) is 13.4 Å². The van der Waals surface area contributed by atoms with Crippen LogP contribution >= 0.6 is 0 Å². The molecule has 20 heavy (non-hydrogen) atoms. The molecule has 1 aromatic heterocycles. The van der Waals surface area contributed by atoms with Gasteiger partial charge in [0.15, 0.2) is 5.82 Å². The van der Waals surface area contributed by atoms with Gasteiger partial charge in [-0.05, 0) is 12.5 Å². The lowest BCUT2D eigenvalue weighted by atomic mass is 9.89. The molecule has 0 saturated carbocycles. The Morgan fingerprint density at radius 3 is 2.65 bits per heavy atom. The van der Waals surface area contributed by atoms with E-state index < -0.39 is 5.54 Å². The minimum absolute atomic E-state index is 0.177. The maximum Gasteiger partial charge on any atom is 0.254 e. The number of hydrogen-bond acceptors (Lipinski definition) is 5. The highest BCUT2D eigenvalue weighted by molar-refractivity contribution is 6.06. The molecule has 1 aromatic carbocycles. The van der Waals surface area contributed by atoms with E-state index in [4.69, 9.17) is 4.74 Å². The highest BCUT2D eigenvalue weighted by atomic mass is 16.5. The smallest absolute Gasteiger partial charge is 0.254 e. The minimum Gasteiger partial charge on any atom is -0.479 e. The Morgan fingerprint density at radius 2 is 1.95 bits per heavy atom. The molecule has 0 saturated heterocycles. The van der Waals surface area contributed by atoms with Crippen LogP contribution in [0.2, 0.25) is 0 Å². The first-order valence-electron chi connectivity index (χ1n) is 6.19. The second-order valence-electron chi connectivity index (χ2n) is 4.68. The molecule has 0 aliphatic carbocycles. The van der Waals surface area contributed by atoms with Crippen LogP contribution in [0.3, 0.4) is 0 Å². The third-order valence-electron chi connectivity index (χ3n) is 3.42. The van der Waals surface area contributed by atoms with E-state index in [-0.39, 0.29) is 5.91 Å². The average molecular weight is 270 g/mol. The Bertz CT molecular complexity index is 659. The molecular formula is C14H14N4O2. The van der Waals surface area contributed by atoms with Crippen molar-refractivity contribution in [3.8, 4) is 5.88 Å². The molecule has 6 heteroatoms. The Hall–Kier alpha value is -2.63. The van der Waals surface area contributed by atoms with Crippen LogP contribution in [0, 0.1) is 0 Å². The highest BCUT2D eigenvalue weighted by Gasteiger charge is 2.41. The molecule has 1 amide bonds. The molecule has 3 rings (SSSR count). The van der Waals surface area contributed by atoms with Gasteiger partial charge in [0.25, 0.3) is 5.91 Å². The van der Waals surface area contributed by atoms with Gasteiger partial charge in [-0.3, -0.25) is 4.79 Å². The van der Waals surface area contributed by atoms with E-state index >= 15 is 0 Å². The van der Waals surface area contributed by atoms with Gasteiger partial charge in [-0.2, -0.15) is 4.98 Å². The summed E-state index contributed by atoms with van der Waals surface area (Å²) in [6, 6.07) is 9.50. The first-order valence-corrected chi connectivity index (χ1v) is 6.19. The van der Waals surface area contributed by atoms with Crippen molar-refractivity contribution >= 4 is 17.4 Å². The summed E-state index contributed by atoms with van der Waals surface area (Å²) in [4.78, 5) is 20.6. The summed E-state index contributed by atoms with van der Waals surface area (Å²) in [6.07, 6.45) is 1.40. The molecule has 1 aliphatic rings. The standard InChI is InChI=1S/C14H14N4O2/c1-14(9-6-4-3-5-7-9)13(19)17-10-11(18-14)15-8-16-12(10)20-2/h3-8H,1-2H3,(H,17,19)(H,15,16,18). The number of carbonyl (C=O) groups is 1. The molecule has 0 spiro atoms. The first kappa shape index (κ1) is 12.4. The Balaban J connectivity index is 2.08. The first-order chi connectivity index (χ1) is 9.65. The van der Waals surface area contributed by atoms with Crippen molar-refractivity contribution in [1.82, 2.24) is 9.97 Å². The normalized spacial score (nSPS) is 20.6. The number of methoxy groups -OCH3 is 1. The number of ether oxygens (including phenoxy) is 1. The maximum absolute atomic E-state index is 12.5. The molecule has 0 bridgehead atoms. The second kappa shape index (κ2) is 4.48. The molecule has 2 N–H and O–H groups in total. The van der Waals surface area contributed by atoms with Crippen LogP contribution in [-0.2, 0) is 10.3 Å². The summed E-state index contributed by atoms with van der Waals surface area (Å²) < 4.78 is 5.13. The van der Waals surface area contributed by atoms with Crippen molar-refractivity contribution in [2.45, 2.75) is 12.5 Å². The van der Waals surface area contributed by atoms with Crippen LogP contribution in [-0.4, -0.2) is 23.0 Å². The molecule has 102 valence electrons. The van der Waals surface area contributed by atoms with Gasteiger partial charge in [0.2, 0.25) is 5.88 Å². The number of rotatable bonds is 2. The largest absolute Gasteiger partial charge is 0.479 e. The summed E-state index contributed by atoms with van der Waals surface area (Å²) in [5.74, 6) is 0.707. The summed E-state index contributed by atoms with van der Waals surface area (Å²) in [5, 5.41) is 5.99. The molecule has 2 aromatic rings. The Labute approximate surface area is 116 Å². The van der Waals surface area contributed by atoms with Gasteiger partial charge in [-0.25, -0.2) is 4.98 Å². The molecular weight excluding hydrogens is 256 g/mol. The molecule has 1 unspecified atom stereocenters. The topological polar surface area (TPSA) is 76.1 Å². The van der Waals surface area contributed by atoms with Gasteiger partial charge in [0.05, 0.1) is 7.11 Å². The zero-order chi connectivity index (χ0) is 14.2. The van der Waals surface area contributed by atoms with Crippen molar-refractivity contribution in [3.63, 3.8) is 0 Å².